The molecule has 0 aromatic heterocycles. The van der Waals surface area contributed by atoms with Gasteiger partial charge in [0, 0.05) is 6.92 Å². The van der Waals surface area contributed by atoms with Gasteiger partial charge in [-0.3, -0.25) is 9.59 Å². The highest BCUT2D eigenvalue weighted by Gasteiger charge is 2.42. The second-order valence-corrected chi connectivity index (χ2v) is 5.83. The first-order valence-electron chi connectivity index (χ1n) is 7.58. The Bertz CT molecular complexity index is 413. The third-order valence-corrected chi connectivity index (χ3v) is 4.43. The molecule has 4 heteroatoms. The van der Waals surface area contributed by atoms with Crippen molar-refractivity contribution in [1.82, 2.24) is 0 Å². The van der Waals surface area contributed by atoms with E-state index < -0.39 is 0 Å². The Morgan fingerprint density at radius 2 is 2.05 bits per heavy atom. The molecule has 0 heterocycles. The van der Waals surface area contributed by atoms with Crippen molar-refractivity contribution in [1.29, 1.82) is 0 Å². The first-order chi connectivity index (χ1) is 9.54. The van der Waals surface area contributed by atoms with Gasteiger partial charge in [0.25, 0.3) is 0 Å². The maximum Gasteiger partial charge on any atom is 0.309 e. The normalized spacial score (nSPS) is 32.9. The van der Waals surface area contributed by atoms with Crippen molar-refractivity contribution in [3.05, 3.63) is 11.6 Å². The van der Waals surface area contributed by atoms with Crippen LogP contribution in [0.25, 0.3) is 0 Å². The smallest absolute Gasteiger partial charge is 0.309 e. The molecule has 1 fully saturated rings. The lowest BCUT2D eigenvalue weighted by atomic mass is 9.67. The molecule has 0 N–H and O–H groups in total. The molecule has 2 aliphatic carbocycles. The lowest BCUT2D eigenvalue weighted by Crippen LogP contribution is -2.41. The largest absolute Gasteiger partial charge is 0.466 e. The third-order valence-electron chi connectivity index (χ3n) is 4.43. The van der Waals surface area contributed by atoms with Gasteiger partial charge in [0.2, 0.25) is 0 Å². The van der Waals surface area contributed by atoms with E-state index in [0.29, 0.717) is 12.5 Å². The standard InChI is InChI=1S/C16H24O4/c1-4-19-16(18)14-7-5-6-13-12(14)9-8-10(2)15(13)20-11(3)17/h6,10,12,14-15H,4-5,7-9H2,1-3H3. The monoisotopic (exact) mass is 280 g/mol. The zero-order valence-corrected chi connectivity index (χ0v) is 12.6. The molecule has 2 aliphatic rings. The van der Waals surface area contributed by atoms with Crippen LogP contribution in [0.1, 0.15) is 46.5 Å². The van der Waals surface area contributed by atoms with Crippen molar-refractivity contribution in [2.75, 3.05) is 6.61 Å². The van der Waals surface area contributed by atoms with Gasteiger partial charge in [-0.1, -0.05) is 13.0 Å². The van der Waals surface area contributed by atoms with E-state index in [0.717, 1.165) is 31.3 Å². The average molecular weight is 280 g/mol. The van der Waals surface area contributed by atoms with Gasteiger partial charge in [0.15, 0.2) is 0 Å². The lowest BCUT2D eigenvalue weighted by Gasteiger charge is -2.41. The number of hydrogen-bond acceptors (Lipinski definition) is 4. The molecule has 0 saturated heterocycles. The first-order valence-corrected chi connectivity index (χ1v) is 7.58. The van der Waals surface area contributed by atoms with E-state index in [1.165, 1.54) is 6.92 Å². The van der Waals surface area contributed by atoms with E-state index in [9.17, 15) is 9.59 Å². The Labute approximate surface area is 120 Å². The van der Waals surface area contributed by atoms with E-state index in [-0.39, 0.29) is 29.9 Å². The van der Waals surface area contributed by atoms with E-state index in [4.69, 9.17) is 9.47 Å². The van der Waals surface area contributed by atoms with Gasteiger partial charge in [-0.25, -0.2) is 0 Å². The quantitative estimate of drug-likeness (QED) is 0.589. The molecular formula is C16H24O4. The van der Waals surface area contributed by atoms with Gasteiger partial charge in [-0.2, -0.15) is 0 Å². The fraction of sp³-hybridized carbons (Fsp3) is 0.750. The van der Waals surface area contributed by atoms with Crippen LogP contribution < -0.4 is 0 Å². The van der Waals surface area contributed by atoms with Crippen molar-refractivity contribution in [2.24, 2.45) is 17.8 Å². The molecule has 1 saturated carbocycles. The summed E-state index contributed by atoms with van der Waals surface area (Å²) in [5.41, 5.74) is 1.14. The summed E-state index contributed by atoms with van der Waals surface area (Å²) >= 11 is 0. The minimum atomic E-state index is -0.248. The van der Waals surface area contributed by atoms with E-state index in [2.05, 4.69) is 13.0 Å². The fourth-order valence-corrected chi connectivity index (χ4v) is 3.53. The van der Waals surface area contributed by atoms with Crippen LogP contribution in [0.15, 0.2) is 11.6 Å². The summed E-state index contributed by atoms with van der Waals surface area (Å²) in [4.78, 5) is 23.4. The molecule has 0 amide bonds. The summed E-state index contributed by atoms with van der Waals surface area (Å²) < 4.78 is 10.7. The molecule has 0 aliphatic heterocycles. The number of fused-ring (bicyclic) bond motifs is 1. The van der Waals surface area contributed by atoms with Crippen LogP contribution in [-0.2, 0) is 19.1 Å². The summed E-state index contributed by atoms with van der Waals surface area (Å²) in [6, 6.07) is 0. The van der Waals surface area contributed by atoms with Crippen LogP contribution in [0.2, 0.25) is 0 Å². The third kappa shape index (κ3) is 3.05. The Kier molecular flexibility index (Phi) is 4.84. The molecule has 4 atom stereocenters. The molecule has 20 heavy (non-hydrogen) atoms. The van der Waals surface area contributed by atoms with E-state index >= 15 is 0 Å². The molecule has 0 radical (unpaired) electrons. The van der Waals surface area contributed by atoms with Crippen molar-refractivity contribution in [3.63, 3.8) is 0 Å². The molecule has 4 unspecified atom stereocenters. The second-order valence-electron chi connectivity index (χ2n) is 5.83. The summed E-state index contributed by atoms with van der Waals surface area (Å²) in [5, 5.41) is 0. The Hall–Kier alpha value is -1.32. The molecule has 0 bridgehead atoms. The highest BCUT2D eigenvalue weighted by molar-refractivity contribution is 5.74. The number of ether oxygens (including phenoxy) is 2. The Morgan fingerprint density at radius 1 is 1.30 bits per heavy atom. The molecule has 112 valence electrons. The van der Waals surface area contributed by atoms with Crippen molar-refractivity contribution >= 4 is 11.9 Å². The van der Waals surface area contributed by atoms with E-state index in [1.54, 1.807) is 0 Å². The van der Waals surface area contributed by atoms with Crippen molar-refractivity contribution < 1.29 is 19.1 Å². The van der Waals surface area contributed by atoms with Crippen LogP contribution in [0, 0.1) is 17.8 Å². The Balaban J connectivity index is 2.18. The predicted molar refractivity (Wildman–Crippen MR) is 74.9 cm³/mol. The average Bonchev–Trinajstić information content (AvgIpc) is 2.41. The number of esters is 2. The molecule has 0 aromatic carbocycles. The minimum Gasteiger partial charge on any atom is -0.466 e. The highest BCUT2D eigenvalue weighted by atomic mass is 16.5. The summed E-state index contributed by atoms with van der Waals surface area (Å²) in [6.45, 7) is 5.81. The number of carbonyl (C=O) groups excluding carboxylic acids is 2. The van der Waals surface area contributed by atoms with Crippen molar-refractivity contribution in [2.45, 2.75) is 52.6 Å². The van der Waals surface area contributed by atoms with Gasteiger partial charge < -0.3 is 9.47 Å². The van der Waals surface area contributed by atoms with Crippen molar-refractivity contribution in [3.8, 4) is 0 Å². The molecule has 0 spiro atoms. The second kappa shape index (κ2) is 6.42. The van der Waals surface area contributed by atoms with Gasteiger partial charge in [-0.05, 0) is 50.0 Å². The predicted octanol–water partition coefficient (Wildman–Crippen LogP) is 2.86. The van der Waals surface area contributed by atoms with Gasteiger partial charge in [0.05, 0.1) is 12.5 Å². The zero-order chi connectivity index (χ0) is 14.7. The van der Waals surface area contributed by atoms with Crippen LogP contribution in [0.4, 0.5) is 0 Å². The van der Waals surface area contributed by atoms with Crippen LogP contribution in [0.5, 0.6) is 0 Å². The number of rotatable bonds is 3. The van der Waals surface area contributed by atoms with Gasteiger partial charge in [-0.15, -0.1) is 0 Å². The van der Waals surface area contributed by atoms with Gasteiger partial charge in [0.1, 0.15) is 6.10 Å². The number of carbonyl (C=O) groups is 2. The van der Waals surface area contributed by atoms with Gasteiger partial charge >= 0.3 is 11.9 Å². The molecule has 0 aromatic rings. The highest BCUT2D eigenvalue weighted by Crippen LogP contribution is 2.44. The zero-order valence-electron chi connectivity index (χ0n) is 12.6. The molecule has 2 rings (SSSR count). The summed E-state index contributed by atoms with van der Waals surface area (Å²) in [5.74, 6) is 0.0899. The summed E-state index contributed by atoms with van der Waals surface area (Å²) in [7, 11) is 0. The Morgan fingerprint density at radius 3 is 2.70 bits per heavy atom. The minimum absolute atomic E-state index is 0.0690. The van der Waals surface area contributed by atoms with E-state index in [1.807, 2.05) is 6.92 Å². The maximum absolute atomic E-state index is 12.1. The SMILES string of the molecule is CCOC(=O)C1CCC=C2C1CCC(C)C2OC(C)=O. The summed E-state index contributed by atoms with van der Waals surface area (Å²) in [6.07, 6.45) is 5.67. The lowest BCUT2D eigenvalue weighted by molar-refractivity contribution is -0.152. The number of allylic oxidation sites excluding steroid dienone is 1. The fourth-order valence-electron chi connectivity index (χ4n) is 3.53. The van der Waals surface area contributed by atoms with Crippen LogP contribution >= 0.6 is 0 Å². The number of hydrogen-bond donors (Lipinski definition) is 0. The topological polar surface area (TPSA) is 52.6 Å². The molecular weight excluding hydrogens is 256 g/mol. The maximum atomic E-state index is 12.1. The van der Waals surface area contributed by atoms with Crippen LogP contribution in [-0.4, -0.2) is 24.6 Å². The van der Waals surface area contributed by atoms with Crippen LogP contribution in [0.3, 0.4) is 0 Å². The first kappa shape index (κ1) is 15.1. The molecule has 4 nitrogen and oxygen atoms in total.